The van der Waals surface area contributed by atoms with E-state index in [2.05, 4.69) is 5.32 Å². The fourth-order valence-corrected chi connectivity index (χ4v) is 1.80. The lowest BCUT2D eigenvalue weighted by atomic mass is 10.2. The summed E-state index contributed by atoms with van der Waals surface area (Å²) in [7, 11) is 5.11. The van der Waals surface area contributed by atoms with E-state index in [9.17, 15) is 4.79 Å². The van der Waals surface area contributed by atoms with Crippen molar-refractivity contribution in [3.8, 4) is 5.75 Å². The number of carbonyl (C=O) groups is 1. The molecule has 0 unspecified atom stereocenters. The van der Waals surface area contributed by atoms with E-state index >= 15 is 0 Å². The van der Waals surface area contributed by atoms with E-state index in [1.54, 1.807) is 32.4 Å². The third-order valence-electron chi connectivity index (χ3n) is 2.80. The van der Waals surface area contributed by atoms with Crippen molar-refractivity contribution in [2.45, 2.75) is 6.42 Å². The highest BCUT2D eigenvalue weighted by molar-refractivity contribution is 5.94. The summed E-state index contributed by atoms with van der Waals surface area (Å²) < 4.78 is 10.2. The number of benzene rings is 1. The first-order valence-electron chi connectivity index (χ1n) is 6.47. The predicted molar refractivity (Wildman–Crippen MR) is 80.0 cm³/mol. The van der Waals surface area contributed by atoms with E-state index in [-0.39, 0.29) is 5.91 Å². The second-order valence-electron chi connectivity index (χ2n) is 4.59. The van der Waals surface area contributed by atoms with Crippen LogP contribution in [0.3, 0.4) is 0 Å². The van der Waals surface area contributed by atoms with Gasteiger partial charge in [0.2, 0.25) is 5.91 Å². The zero-order chi connectivity index (χ0) is 15.0. The second kappa shape index (κ2) is 8.39. The van der Waals surface area contributed by atoms with Gasteiger partial charge < -0.3 is 20.5 Å². The number of methoxy groups -OCH3 is 2. The Hall–Kier alpha value is -1.79. The minimum atomic E-state index is -0.0898. The van der Waals surface area contributed by atoms with E-state index in [1.165, 1.54) is 0 Å². The lowest BCUT2D eigenvalue weighted by Gasteiger charge is -2.17. The lowest BCUT2D eigenvalue weighted by molar-refractivity contribution is -0.117. The molecule has 1 aromatic carbocycles. The summed E-state index contributed by atoms with van der Waals surface area (Å²) in [5.74, 6) is 0.466. The molecule has 1 amide bonds. The number of nitrogen functional groups attached to an aromatic ring is 1. The summed E-state index contributed by atoms with van der Waals surface area (Å²) in [6.45, 7) is 1.81. The van der Waals surface area contributed by atoms with Crippen molar-refractivity contribution in [3.05, 3.63) is 18.2 Å². The molecule has 20 heavy (non-hydrogen) atoms. The van der Waals surface area contributed by atoms with Crippen LogP contribution in [0.4, 0.5) is 11.4 Å². The molecular formula is C14H23N3O3. The van der Waals surface area contributed by atoms with Crippen LogP contribution < -0.4 is 15.8 Å². The van der Waals surface area contributed by atoms with Crippen LogP contribution in [0.2, 0.25) is 0 Å². The smallest absolute Gasteiger partial charge is 0.238 e. The molecule has 0 radical (unpaired) electrons. The minimum absolute atomic E-state index is 0.0898. The maximum Gasteiger partial charge on any atom is 0.238 e. The van der Waals surface area contributed by atoms with Gasteiger partial charge in [-0.2, -0.15) is 0 Å². The minimum Gasteiger partial charge on any atom is -0.494 e. The molecule has 0 aliphatic heterocycles. The zero-order valence-electron chi connectivity index (χ0n) is 12.3. The second-order valence-corrected chi connectivity index (χ2v) is 4.59. The number of rotatable bonds is 8. The van der Waals surface area contributed by atoms with Gasteiger partial charge in [0.15, 0.2) is 0 Å². The standard InChI is InChI=1S/C14H23N3O3/c1-17(7-4-8-19-2)10-14(18)16-12-6-5-11(15)9-13(12)20-3/h5-6,9H,4,7-8,10,15H2,1-3H3,(H,16,18). The maximum atomic E-state index is 11.9. The van der Waals surface area contributed by atoms with Gasteiger partial charge >= 0.3 is 0 Å². The predicted octanol–water partition coefficient (Wildman–Crippen LogP) is 1.18. The first-order chi connectivity index (χ1) is 9.56. The number of hydrogen-bond donors (Lipinski definition) is 2. The van der Waals surface area contributed by atoms with Crippen LogP contribution in [-0.2, 0) is 9.53 Å². The van der Waals surface area contributed by atoms with Crippen molar-refractivity contribution < 1.29 is 14.3 Å². The molecule has 0 spiro atoms. The van der Waals surface area contributed by atoms with Gasteiger partial charge in [-0.05, 0) is 25.6 Å². The Morgan fingerprint density at radius 1 is 1.40 bits per heavy atom. The molecule has 6 nitrogen and oxygen atoms in total. The lowest BCUT2D eigenvalue weighted by Crippen LogP contribution is -2.31. The van der Waals surface area contributed by atoms with E-state index in [1.807, 2.05) is 11.9 Å². The Labute approximate surface area is 119 Å². The maximum absolute atomic E-state index is 11.9. The van der Waals surface area contributed by atoms with Crippen LogP contribution in [0, 0.1) is 0 Å². The zero-order valence-corrected chi connectivity index (χ0v) is 12.3. The van der Waals surface area contributed by atoms with E-state index in [4.69, 9.17) is 15.2 Å². The number of nitrogens with two attached hydrogens (primary N) is 1. The molecule has 0 fully saturated rings. The number of hydrogen-bond acceptors (Lipinski definition) is 5. The van der Waals surface area contributed by atoms with Crippen LogP contribution in [0.15, 0.2) is 18.2 Å². The first-order valence-corrected chi connectivity index (χ1v) is 6.47. The third-order valence-corrected chi connectivity index (χ3v) is 2.80. The topological polar surface area (TPSA) is 76.8 Å². The van der Waals surface area contributed by atoms with E-state index in [0.29, 0.717) is 30.3 Å². The summed E-state index contributed by atoms with van der Waals surface area (Å²) in [5.41, 5.74) is 6.89. The molecule has 1 rings (SSSR count). The Bertz CT molecular complexity index is 438. The largest absolute Gasteiger partial charge is 0.494 e. The number of anilines is 2. The van der Waals surface area contributed by atoms with Crippen molar-refractivity contribution >= 4 is 17.3 Å². The van der Waals surface area contributed by atoms with Gasteiger partial charge in [-0.3, -0.25) is 9.69 Å². The molecule has 0 aliphatic carbocycles. The number of nitrogens with one attached hydrogen (secondary N) is 1. The van der Waals surface area contributed by atoms with Crippen LogP contribution in [0.25, 0.3) is 0 Å². The molecule has 112 valence electrons. The third kappa shape index (κ3) is 5.46. The first kappa shape index (κ1) is 16.3. The molecule has 0 aromatic heterocycles. The summed E-state index contributed by atoms with van der Waals surface area (Å²) >= 11 is 0. The fourth-order valence-electron chi connectivity index (χ4n) is 1.80. The number of ether oxygens (including phenoxy) is 2. The van der Waals surface area contributed by atoms with Crippen molar-refractivity contribution in [3.63, 3.8) is 0 Å². The number of likely N-dealkylation sites (N-methyl/N-ethyl adjacent to an activating group) is 1. The van der Waals surface area contributed by atoms with Gasteiger partial charge in [0.1, 0.15) is 5.75 Å². The van der Waals surface area contributed by atoms with E-state index < -0.39 is 0 Å². The normalized spacial score (nSPS) is 10.6. The Morgan fingerprint density at radius 3 is 2.80 bits per heavy atom. The van der Waals surface area contributed by atoms with Gasteiger partial charge in [0, 0.05) is 32.0 Å². The highest BCUT2D eigenvalue weighted by Crippen LogP contribution is 2.26. The average molecular weight is 281 g/mol. The average Bonchev–Trinajstić information content (AvgIpc) is 2.41. The summed E-state index contributed by atoms with van der Waals surface area (Å²) in [6.07, 6.45) is 0.894. The van der Waals surface area contributed by atoms with Crippen LogP contribution >= 0.6 is 0 Å². The fraction of sp³-hybridized carbons (Fsp3) is 0.500. The molecule has 0 bridgehead atoms. The number of nitrogens with zero attached hydrogens (tertiary/aromatic N) is 1. The highest BCUT2D eigenvalue weighted by Gasteiger charge is 2.10. The quantitative estimate of drug-likeness (QED) is 0.553. The van der Waals surface area contributed by atoms with Crippen molar-refractivity contribution in [2.75, 3.05) is 52.0 Å². The van der Waals surface area contributed by atoms with Gasteiger partial charge in [-0.15, -0.1) is 0 Å². The van der Waals surface area contributed by atoms with Crippen LogP contribution in [-0.4, -0.2) is 51.8 Å². The van der Waals surface area contributed by atoms with Gasteiger partial charge in [-0.1, -0.05) is 0 Å². The Balaban J connectivity index is 2.49. The summed E-state index contributed by atoms with van der Waals surface area (Å²) in [6, 6.07) is 5.13. The highest BCUT2D eigenvalue weighted by atomic mass is 16.5. The molecule has 1 aromatic rings. The molecule has 0 aliphatic rings. The number of carbonyl (C=O) groups excluding carboxylic acids is 1. The Morgan fingerprint density at radius 2 is 2.15 bits per heavy atom. The van der Waals surface area contributed by atoms with Crippen LogP contribution in [0.5, 0.6) is 5.75 Å². The SMILES string of the molecule is COCCCN(C)CC(=O)Nc1ccc(N)cc1OC. The summed E-state index contributed by atoms with van der Waals surface area (Å²) in [4.78, 5) is 13.9. The number of amides is 1. The van der Waals surface area contributed by atoms with Gasteiger partial charge in [-0.25, -0.2) is 0 Å². The molecule has 6 heteroatoms. The van der Waals surface area contributed by atoms with Gasteiger partial charge in [0.05, 0.1) is 19.3 Å². The van der Waals surface area contributed by atoms with Crippen molar-refractivity contribution in [1.82, 2.24) is 4.90 Å². The monoisotopic (exact) mass is 281 g/mol. The molecule has 0 saturated carbocycles. The molecule has 0 saturated heterocycles. The van der Waals surface area contributed by atoms with Crippen molar-refractivity contribution in [1.29, 1.82) is 0 Å². The summed E-state index contributed by atoms with van der Waals surface area (Å²) in [5, 5.41) is 2.82. The molecular weight excluding hydrogens is 258 g/mol. The van der Waals surface area contributed by atoms with Crippen molar-refractivity contribution in [2.24, 2.45) is 0 Å². The van der Waals surface area contributed by atoms with Crippen LogP contribution in [0.1, 0.15) is 6.42 Å². The molecule has 0 heterocycles. The van der Waals surface area contributed by atoms with E-state index in [0.717, 1.165) is 13.0 Å². The van der Waals surface area contributed by atoms with Gasteiger partial charge in [0.25, 0.3) is 0 Å². The Kier molecular flexibility index (Phi) is 6.83. The molecule has 0 atom stereocenters. The molecule has 3 N–H and O–H groups in total.